The van der Waals surface area contributed by atoms with Gasteiger partial charge in [0.25, 0.3) is 11.6 Å². The molecule has 8 nitrogen and oxygen atoms in total. The molecule has 1 heterocycles. The molecule has 3 aromatic rings. The Bertz CT molecular complexity index is 1110. The number of nitro benzene ring substituents is 1. The molecule has 0 bridgehead atoms. The third kappa shape index (κ3) is 5.24. The fraction of sp³-hybridized carbons (Fsp3) is 0. The van der Waals surface area contributed by atoms with Crippen LogP contribution in [0, 0.1) is 21.4 Å². The molecule has 0 aliphatic rings. The Kier molecular flexibility index (Phi) is 6.29. The van der Waals surface area contributed by atoms with Crippen molar-refractivity contribution in [2.75, 3.05) is 5.32 Å². The van der Waals surface area contributed by atoms with E-state index in [1.54, 1.807) is 54.9 Å². The van der Waals surface area contributed by atoms with Crippen LogP contribution in [0.15, 0.2) is 82.6 Å². The molecule has 0 saturated carbocycles. The molecule has 1 N–H and O–H groups in total. The minimum absolute atomic E-state index is 0.169. The first-order valence-corrected chi connectivity index (χ1v) is 9.10. The summed E-state index contributed by atoms with van der Waals surface area (Å²) >= 11 is 1.06. The minimum Gasteiger partial charge on any atom is -0.321 e. The highest BCUT2D eigenvalue weighted by Gasteiger charge is 2.17. The fourth-order valence-corrected chi connectivity index (χ4v) is 3.12. The summed E-state index contributed by atoms with van der Waals surface area (Å²) in [5.41, 5.74) is 0.556. The summed E-state index contributed by atoms with van der Waals surface area (Å²) < 4.78 is 0. The van der Waals surface area contributed by atoms with Crippen LogP contribution in [0.1, 0.15) is 5.56 Å². The number of anilines is 1. The van der Waals surface area contributed by atoms with Crippen molar-refractivity contribution in [3.63, 3.8) is 0 Å². The Balaban J connectivity index is 1.87. The van der Waals surface area contributed by atoms with Crippen molar-refractivity contribution in [2.24, 2.45) is 0 Å². The van der Waals surface area contributed by atoms with E-state index in [1.165, 1.54) is 18.2 Å². The normalized spacial score (nSPS) is 10.8. The Morgan fingerprint density at radius 3 is 2.52 bits per heavy atom. The maximum Gasteiger partial charge on any atom is 0.283 e. The zero-order valence-corrected chi connectivity index (χ0v) is 15.7. The lowest BCUT2D eigenvalue weighted by Gasteiger charge is -2.05. The quantitative estimate of drug-likeness (QED) is 0.216. The van der Waals surface area contributed by atoms with E-state index in [2.05, 4.69) is 15.3 Å². The zero-order chi connectivity index (χ0) is 20.6. The molecule has 1 amide bonds. The highest BCUT2D eigenvalue weighted by atomic mass is 32.2. The number of hydrogen-bond donors (Lipinski definition) is 1. The SMILES string of the molecule is N#C/C(=C\c1ccc(Sc2ncccn2)c([N+](=O)[O-])c1)C(=O)Nc1ccccc1. The first-order chi connectivity index (χ1) is 14.1. The molecule has 0 spiro atoms. The summed E-state index contributed by atoms with van der Waals surface area (Å²) in [6.45, 7) is 0. The fourth-order valence-electron chi connectivity index (χ4n) is 2.32. The van der Waals surface area contributed by atoms with Gasteiger partial charge in [-0.1, -0.05) is 24.3 Å². The third-order valence-electron chi connectivity index (χ3n) is 3.63. The van der Waals surface area contributed by atoms with Gasteiger partial charge in [0.1, 0.15) is 11.6 Å². The van der Waals surface area contributed by atoms with Gasteiger partial charge in [0.05, 0.1) is 9.82 Å². The van der Waals surface area contributed by atoms with Gasteiger partial charge in [-0.15, -0.1) is 0 Å². The number of nitriles is 1. The van der Waals surface area contributed by atoms with Crippen LogP contribution in [0.4, 0.5) is 11.4 Å². The number of amides is 1. The van der Waals surface area contributed by atoms with Crippen LogP contribution in [-0.2, 0) is 4.79 Å². The second-order valence-corrected chi connectivity index (χ2v) is 6.62. The van der Waals surface area contributed by atoms with Crippen LogP contribution in [0.25, 0.3) is 6.08 Å². The molecule has 3 rings (SSSR count). The molecule has 29 heavy (non-hydrogen) atoms. The number of benzene rings is 2. The van der Waals surface area contributed by atoms with Crippen LogP contribution in [0.3, 0.4) is 0 Å². The number of carbonyl (C=O) groups excluding carboxylic acids is 1. The van der Waals surface area contributed by atoms with E-state index in [0.29, 0.717) is 21.3 Å². The number of rotatable bonds is 6. The molecule has 0 radical (unpaired) electrons. The highest BCUT2D eigenvalue weighted by Crippen LogP contribution is 2.33. The Morgan fingerprint density at radius 2 is 1.86 bits per heavy atom. The van der Waals surface area contributed by atoms with Gasteiger partial charge in [0.15, 0.2) is 5.16 Å². The average Bonchev–Trinajstić information content (AvgIpc) is 2.74. The van der Waals surface area contributed by atoms with Crippen molar-refractivity contribution in [2.45, 2.75) is 10.1 Å². The lowest BCUT2D eigenvalue weighted by atomic mass is 10.1. The van der Waals surface area contributed by atoms with Crippen molar-refractivity contribution >= 4 is 35.1 Å². The number of nitrogens with one attached hydrogen (secondary N) is 1. The number of para-hydroxylation sites is 1. The van der Waals surface area contributed by atoms with Crippen LogP contribution >= 0.6 is 11.8 Å². The molecule has 0 saturated heterocycles. The lowest BCUT2D eigenvalue weighted by Crippen LogP contribution is -2.13. The summed E-state index contributed by atoms with van der Waals surface area (Å²) in [6.07, 6.45) is 4.39. The third-order valence-corrected chi connectivity index (χ3v) is 4.59. The number of aromatic nitrogens is 2. The molecular formula is C20H13N5O3S. The maximum absolute atomic E-state index is 12.3. The summed E-state index contributed by atoms with van der Waals surface area (Å²) in [6, 6.07) is 16.6. The predicted molar refractivity (Wildman–Crippen MR) is 108 cm³/mol. The van der Waals surface area contributed by atoms with Gasteiger partial charge in [-0.25, -0.2) is 9.97 Å². The van der Waals surface area contributed by atoms with Crippen molar-refractivity contribution in [3.8, 4) is 6.07 Å². The largest absolute Gasteiger partial charge is 0.321 e. The number of nitro groups is 1. The number of nitrogens with zero attached hydrogens (tertiary/aromatic N) is 4. The molecular weight excluding hydrogens is 390 g/mol. The van der Waals surface area contributed by atoms with E-state index < -0.39 is 10.8 Å². The van der Waals surface area contributed by atoms with Gasteiger partial charge >= 0.3 is 0 Å². The first kappa shape index (κ1) is 19.7. The molecule has 0 aliphatic carbocycles. The molecule has 9 heteroatoms. The van der Waals surface area contributed by atoms with Gasteiger partial charge in [-0.2, -0.15) is 5.26 Å². The van der Waals surface area contributed by atoms with E-state index in [-0.39, 0.29) is 11.3 Å². The van der Waals surface area contributed by atoms with Crippen molar-refractivity contribution < 1.29 is 9.72 Å². The molecule has 0 atom stereocenters. The smallest absolute Gasteiger partial charge is 0.283 e. The van der Waals surface area contributed by atoms with E-state index in [0.717, 1.165) is 11.8 Å². The van der Waals surface area contributed by atoms with Crippen LogP contribution < -0.4 is 5.32 Å². The van der Waals surface area contributed by atoms with Crippen LogP contribution in [0.5, 0.6) is 0 Å². The second-order valence-electron chi connectivity index (χ2n) is 5.61. The molecule has 0 fully saturated rings. The monoisotopic (exact) mass is 403 g/mol. The highest BCUT2D eigenvalue weighted by molar-refractivity contribution is 7.99. The van der Waals surface area contributed by atoms with Crippen molar-refractivity contribution in [3.05, 3.63) is 88.2 Å². The topological polar surface area (TPSA) is 122 Å². The zero-order valence-electron chi connectivity index (χ0n) is 14.9. The Labute approximate surface area is 170 Å². The van der Waals surface area contributed by atoms with Gasteiger partial charge in [0, 0.05) is 24.1 Å². The minimum atomic E-state index is -0.600. The Hall–Kier alpha value is -4.03. The second kappa shape index (κ2) is 9.25. The van der Waals surface area contributed by atoms with Crippen LogP contribution in [-0.4, -0.2) is 20.8 Å². The summed E-state index contributed by atoms with van der Waals surface area (Å²) in [4.78, 5) is 31.7. The number of carbonyl (C=O) groups is 1. The molecule has 1 aromatic heterocycles. The van der Waals surface area contributed by atoms with Crippen LogP contribution in [0.2, 0.25) is 0 Å². The van der Waals surface area contributed by atoms with E-state index in [9.17, 15) is 20.2 Å². The molecule has 0 aliphatic heterocycles. The first-order valence-electron chi connectivity index (χ1n) is 8.28. The van der Waals surface area contributed by atoms with E-state index in [1.807, 2.05) is 6.07 Å². The van der Waals surface area contributed by atoms with E-state index >= 15 is 0 Å². The molecule has 142 valence electrons. The van der Waals surface area contributed by atoms with Gasteiger partial charge in [-0.3, -0.25) is 14.9 Å². The standard InChI is InChI=1S/C20H13N5O3S/c21-13-15(19(26)24-16-5-2-1-3-6-16)11-14-7-8-18(17(12-14)25(27)28)29-20-22-9-4-10-23-20/h1-12H,(H,24,26)/b15-11+. The predicted octanol–water partition coefficient (Wildman–Crippen LogP) is 4.08. The van der Waals surface area contributed by atoms with E-state index in [4.69, 9.17) is 0 Å². The summed E-state index contributed by atoms with van der Waals surface area (Å²) in [5, 5.41) is 23.8. The molecule has 2 aromatic carbocycles. The number of hydrogen-bond acceptors (Lipinski definition) is 7. The summed E-state index contributed by atoms with van der Waals surface area (Å²) in [7, 11) is 0. The van der Waals surface area contributed by atoms with Gasteiger partial charge in [0.2, 0.25) is 0 Å². The summed E-state index contributed by atoms with van der Waals surface area (Å²) in [5.74, 6) is -0.600. The molecule has 0 unspecified atom stereocenters. The lowest BCUT2D eigenvalue weighted by molar-refractivity contribution is -0.387. The van der Waals surface area contributed by atoms with Gasteiger partial charge in [-0.05, 0) is 47.7 Å². The average molecular weight is 403 g/mol. The maximum atomic E-state index is 12.3. The van der Waals surface area contributed by atoms with Gasteiger partial charge < -0.3 is 5.32 Å². The van der Waals surface area contributed by atoms with Crippen molar-refractivity contribution in [1.82, 2.24) is 9.97 Å². The Morgan fingerprint density at radius 1 is 1.14 bits per heavy atom. The van der Waals surface area contributed by atoms with Crippen molar-refractivity contribution in [1.29, 1.82) is 5.26 Å².